The number of aromatic amines is 1. The van der Waals surface area contributed by atoms with E-state index in [1.54, 1.807) is 29.9 Å². The first-order valence-electron chi connectivity index (χ1n) is 10.1. The maximum Gasteiger partial charge on any atom is 0.274 e. The second-order valence-corrected chi connectivity index (χ2v) is 7.77. The van der Waals surface area contributed by atoms with Gasteiger partial charge in [-0.1, -0.05) is 12.1 Å². The Balaban J connectivity index is 1.37. The third kappa shape index (κ3) is 3.36. The molecular weight excluding hydrogens is 381 g/mol. The van der Waals surface area contributed by atoms with E-state index in [0.717, 1.165) is 41.0 Å². The number of carbonyl (C=O) groups is 1. The van der Waals surface area contributed by atoms with Crippen molar-refractivity contribution in [2.24, 2.45) is 7.05 Å². The third-order valence-electron chi connectivity index (χ3n) is 5.74. The van der Waals surface area contributed by atoms with E-state index in [9.17, 15) is 9.18 Å². The van der Waals surface area contributed by atoms with Gasteiger partial charge in [0.05, 0.1) is 16.7 Å². The summed E-state index contributed by atoms with van der Waals surface area (Å²) in [6.45, 7) is 1.32. The number of imidazole rings is 1. The Morgan fingerprint density at radius 3 is 2.77 bits per heavy atom. The van der Waals surface area contributed by atoms with E-state index >= 15 is 0 Å². The standard InChI is InChI=1S/C23H22FN5O/c1-28-21(15-8-10-17(24)11-9-15)13-20(27-28)23(30)29-12-4-5-16(14-29)22-25-18-6-2-3-7-19(18)26-22/h2-3,6-11,13,16H,4-5,12,14H2,1H3,(H,25,26)/t16-/m0/s1. The highest BCUT2D eigenvalue weighted by atomic mass is 19.1. The number of benzene rings is 2. The molecule has 5 rings (SSSR count). The van der Waals surface area contributed by atoms with Gasteiger partial charge in [-0.25, -0.2) is 9.37 Å². The van der Waals surface area contributed by atoms with Crippen molar-refractivity contribution in [3.8, 4) is 11.3 Å². The molecule has 4 aromatic rings. The first-order valence-corrected chi connectivity index (χ1v) is 10.1. The molecular formula is C23H22FN5O. The summed E-state index contributed by atoms with van der Waals surface area (Å²) in [5, 5.41) is 4.43. The molecule has 1 amide bonds. The predicted molar refractivity (Wildman–Crippen MR) is 113 cm³/mol. The molecule has 152 valence electrons. The number of hydrogen-bond donors (Lipinski definition) is 1. The third-order valence-corrected chi connectivity index (χ3v) is 5.74. The Labute approximate surface area is 173 Å². The van der Waals surface area contributed by atoms with Gasteiger partial charge in [0, 0.05) is 26.1 Å². The van der Waals surface area contributed by atoms with Gasteiger partial charge in [-0.05, 0) is 60.9 Å². The van der Waals surface area contributed by atoms with Gasteiger partial charge in [0.25, 0.3) is 5.91 Å². The van der Waals surface area contributed by atoms with Gasteiger partial charge in [0.15, 0.2) is 5.69 Å². The number of likely N-dealkylation sites (tertiary alicyclic amines) is 1. The fraction of sp³-hybridized carbons (Fsp3) is 0.261. The molecule has 1 atom stereocenters. The summed E-state index contributed by atoms with van der Waals surface area (Å²) >= 11 is 0. The molecule has 0 radical (unpaired) electrons. The molecule has 6 nitrogen and oxygen atoms in total. The lowest BCUT2D eigenvalue weighted by Gasteiger charge is -2.31. The van der Waals surface area contributed by atoms with Crippen molar-refractivity contribution in [1.29, 1.82) is 0 Å². The number of piperidine rings is 1. The number of para-hydroxylation sites is 2. The number of fused-ring (bicyclic) bond motifs is 1. The van der Waals surface area contributed by atoms with Gasteiger partial charge >= 0.3 is 0 Å². The van der Waals surface area contributed by atoms with Gasteiger partial charge in [0.2, 0.25) is 0 Å². The monoisotopic (exact) mass is 403 g/mol. The van der Waals surface area contributed by atoms with E-state index in [-0.39, 0.29) is 17.6 Å². The number of amides is 1. The van der Waals surface area contributed by atoms with Crippen molar-refractivity contribution >= 4 is 16.9 Å². The van der Waals surface area contributed by atoms with Gasteiger partial charge < -0.3 is 9.88 Å². The molecule has 1 fully saturated rings. The maximum absolute atomic E-state index is 13.2. The number of aromatic nitrogens is 4. The number of H-pyrrole nitrogens is 1. The minimum atomic E-state index is -0.290. The second-order valence-electron chi connectivity index (χ2n) is 7.77. The van der Waals surface area contributed by atoms with Crippen LogP contribution in [0.2, 0.25) is 0 Å². The Kier molecular flexibility index (Phi) is 4.58. The zero-order valence-electron chi connectivity index (χ0n) is 16.7. The van der Waals surface area contributed by atoms with Gasteiger partial charge in [0.1, 0.15) is 11.6 Å². The number of carbonyl (C=O) groups excluding carboxylic acids is 1. The lowest BCUT2D eigenvalue weighted by Crippen LogP contribution is -2.39. The van der Waals surface area contributed by atoms with Gasteiger partial charge in [-0.3, -0.25) is 9.48 Å². The zero-order chi connectivity index (χ0) is 20.7. The van der Waals surface area contributed by atoms with E-state index in [2.05, 4.69) is 10.1 Å². The number of rotatable bonds is 3. The van der Waals surface area contributed by atoms with Crippen LogP contribution < -0.4 is 0 Å². The number of nitrogens with zero attached hydrogens (tertiary/aromatic N) is 4. The summed E-state index contributed by atoms with van der Waals surface area (Å²) in [6.07, 6.45) is 1.91. The minimum absolute atomic E-state index is 0.0835. The van der Waals surface area contributed by atoms with Crippen molar-refractivity contribution in [3.63, 3.8) is 0 Å². The number of hydrogen-bond acceptors (Lipinski definition) is 3. The minimum Gasteiger partial charge on any atom is -0.342 e. The summed E-state index contributed by atoms with van der Waals surface area (Å²) in [5.41, 5.74) is 3.98. The molecule has 30 heavy (non-hydrogen) atoms. The van der Waals surface area contributed by atoms with E-state index in [4.69, 9.17) is 4.98 Å². The normalized spacial score (nSPS) is 16.9. The molecule has 0 bridgehead atoms. The molecule has 1 saturated heterocycles. The summed E-state index contributed by atoms with van der Waals surface area (Å²) in [5.74, 6) is 0.735. The highest BCUT2D eigenvalue weighted by molar-refractivity contribution is 5.93. The Hall–Kier alpha value is -3.48. The maximum atomic E-state index is 13.2. The number of aryl methyl sites for hydroxylation is 1. The van der Waals surface area contributed by atoms with Crippen LogP contribution in [-0.4, -0.2) is 43.6 Å². The summed E-state index contributed by atoms with van der Waals surface area (Å²) < 4.78 is 14.9. The average Bonchev–Trinajstić information content (AvgIpc) is 3.38. The fourth-order valence-electron chi connectivity index (χ4n) is 4.18. The topological polar surface area (TPSA) is 66.8 Å². The van der Waals surface area contributed by atoms with Crippen molar-refractivity contribution in [1.82, 2.24) is 24.6 Å². The van der Waals surface area contributed by atoms with Crippen LogP contribution in [-0.2, 0) is 7.05 Å². The van der Waals surface area contributed by atoms with Crippen LogP contribution in [0.25, 0.3) is 22.3 Å². The fourth-order valence-corrected chi connectivity index (χ4v) is 4.18. The molecule has 1 N–H and O–H groups in total. The van der Waals surface area contributed by atoms with Gasteiger partial charge in [-0.15, -0.1) is 0 Å². The molecule has 0 aliphatic carbocycles. The lowest BCUT2D eigenvalue weighted by atomic mass is 9.97. The molecule has 0 spiro atoms. The van der Waals surface area contributed by atoms with Crippen LogP contribution >= 0.6 is 0 Å². The van der Waals surface area contributed by atoms with Crippen molar-refractivity contribution in [2.75, 3.05) is 13.1 Å². The summed E-state index contributed by atoms with van der Waals surface area (Å²) in [6, 6.07) is 16.0. The molecule has 1 aliphatic heterocycles. The Morgan fingerprint density at radius 2 is 1.97 bits per heavy atom. The quantitative estimate of drug-likeness (QED) is 0.560. The van der Waals surface area contributed by atoms with Crippen molar-refractivity contribution in [3.05, 3.63) is 71.9 Å². The lowest BCUT2D eigenvalue weighted by molar-refractivity contribution is 0.0698. The average molecular weight is 403 g/mol. The van der Waals surface area contributed by atoms with Crippen LogP contribution in [0.15, 0.2) is 54.6 Å². The van der Waals surface area contributed by atoms with Gasteiger partial charge in [-0.2, -0.15) is 5.10 Å². The molecule has 0 saturated carbocycles. The van der Waals surface area contributed by atoms with Crippen molar-refractivity contribution < 1.29 is 9.18 Å². The van der Waals surface area contributed by atoms with E-state index < -0.39 is 0 Å². The first kappa shape index (κ1) is 18.5. The van der Waals surface area contributed by atoms with Crippen LogP contribution in [0.3, 0.4) is 0 Å². The molecule has 1 aliphatic rings. The van der Waals surface area contributed by atoms with Crippen LogP contribution in [0.1, 0.15) is 35.1 Å². The second kappa shape index (κ2) is 7.40. The largest absolute Gasteiger partial charge is 0.342 e. The van der Waals surface area contributed by atoms with E-state index in [0.29, 0.717) is 18.8 Å². The Bertz CT molecular complexity index is 1180. The predicted octanol–water partition coefficient (Wildman–Crippen LogP) is 4.12. The van der Waals surface area contributed by atoms with Crippen molar-refractivity contribution in [2.45, 2.75) is 18.8 Å². The molecule has 2 aromatic carbocycles. The van der Waals surface area contributed by atoms with E-state index in [1.807, 2.05) is 29.2 Å². The summed E-state index contributed by atoms with van der Waals surface area (Å²) in [4.78, 5) is 23.1. The number of nitrogens with one attached hydrogen (secondary N) is 1. The highest BCUT2D eigenvalue weighted by Crippen LogP contribution is 2.28. The smallest absolute Gasteiger partial charge is 0.274 e. The van der Waals surface area contributed by atoms with Crippen LogP contribution in [0.5, 0.6) is 0 Å². The van der Waals surface area contributed by atoms with Crippen LogP contribution in [0.4, 0.5) is 4.39 Å². The zero-order valence-corrected chi connectivity index (χ0v) is 16.7. The first-order chi connectivity index (χ1) is 14.6. The number of halogens is 1. The SMILES string of the molecule is Cn1nc(C(=O)N2CCC[C@H](c3nc4ccccc4[nH]3)C2)cc1-c1ccc(F)cc1. The van der Waals surface area contributed by atoms with Crippen LogP contribution in [0, 0.1) is 5.82 Å². The molecule has 2 aromatic heterocycles. The molecule has 0 unspecified atom stereocenters. The van der Waals surface area contributed by atoms with E-state index in [1.165, 1.54) is 12.1 Å². The Morgan fingerprint density at radius 1 is 1.17 bits per heavy atom. The highest BCUT2D eigenvalue weighted by Gasteiger charge is 2.29. The molecule has 3 heterocycles. The molecule has 7 heteroatoms. The summed E-state index contributed by atoms with van der Waals surface area (Å²) in [7, 11) is 1.79.